The number of aliphatic hydroxyl groups excluding tert-OH is 1. The van der Waals surface area contributed by atoms with Gasteiger partial charge in [0, 0.05) is 0 Å². The SMILES string of the molecule is COc1cc(C)cc(OC)c1OCC(O)c1ccc(C)cc1. The van der Waals surface area contributed by atoms with Gasteiger partial charge in [0.1, 0.15) is 12.7 Å². The lowest BCUT2D eigenvalue weighted by atomic mass is 10.1. The zero-order valence-electron chi connectivity index (χ0n) is 13.4. The van der Waals surface area contributed by atoms with Gasteiger partial charge >= 0.3 is 0 Å². The summed E-state index contributed by atoms with van der Waals surface area (Å²) in [6.07, 6.45) is -0.712. The molecule has 2 aromatic rings. The molecule has 0 spiro atoms. The molecule has 2 rings (SSSR count). The summed E-state index contributed by atoms with van der Waals surface area (Å²) in [5.74, 6) is 1.68. The summed E-state index contributed by atoms with van der Waals surface area (Å²) in [7, 11) is 3.16. The Hall–Kier alpha value is -2.20. The zero-order chi connectivity index (χ0) is 16.1. The molecule has 0 aliphatic carbocycles. The summed E-state index contributed by atoms with van der Waals surface area (Å²) < 4.78 is 16.4. The van der Waals surface area contributed by atoms with Crippen molar-refractivity contribution in [2.24, 2.45) is 0 Å². The molecular formula is C18H22O4. The predicted molar refractivity (Wildman–Crippen MR) is 85.9 cm³/mol. The molecule has 0 aliphatic rings. The molecule has 0 aromatic heterocycles. The molecule has 2 aromatic carbocycles. The first kappa shape index (κ1) is 16.2. The molecule has 1 N–H and O–H groups in total. The second kappa shape index (κ2) is 7.18. The third-order valence-electron chi connectivity index (χ3n) is 3.45. The number of aliphatic hydroxyl groups is 1. The molecule has 22 heavy (non-hydrogen) atoms. The van der Waals surface area contributed by atoms with Crippen molar-refractivity contribution in [2.75, 3.05) is 20.8 Å². The van der Waals surface area contributed by atoms with E-state index in [-0.39, 0.29) is 6.61 Å². The Bertz CT molecular complexity index is 594. The smallest absolute Gasteiger partial charge is 0.203 e. The Morgan fingerprint density at radius 3 is 1.95 bits per heavy atom. The first-order valence-corrected chi connectivity index (χ1v) is 7.15. The predicted octanol–water partition coefficient (Wildman–Crippen LogP) is 3.43. The monoisotopic (exact) mass is 302 g/mol. The summed E-state index contributed by atoms with van der Waals surface area (Å²) in [5.41, 5.74) is 2.98. The molecule has 4 nitrogen and oxygen atoms in total. The zero-order valence-corrected chi connectivity index (χ0v) is 13.4. The first-order valence-electron chi connectivity index (χ1n) is 7.15. The van der Waals surface area contributed by atoms with Gasteiger partial charge in [-0.3, -0.25) is 0 Å². The van der Waals surface area contributed by atoms with E-state index in [0.29, 0.717) is 17.2 Å². The van der Waals surface area contributed by atoms with Crippen LogP contribution in [0.1, 0.15) is 22.8 Å². The van der Waals surface area contributed by atoms with E-state index in [9.17, 15) is 5.11 Å². The summed E-state index contributed by atoms with van der Waals surface area (Å²) in [4.78, 5) is 0. The van der Waals surface area contributed by atoms with Crippen molar-refractivity contribution in [2.45, 2.75) is 20.0 Å². The highest BCUT2D eigenvalue weighted by Crippen LogP contribution is 2.38. The van der Waals surface area contributed by atoms with E-state index < -0.39 is 6.10 Å². The topological polar surface area (TPSA) is 47.9 Å². The van der Waals surface area contributed by atoms with Gasteiger partial charge in [-0.05, 0) is 37.1 Å². The van der Waals surface area contributed by atoms with Gasteiger partial charge in [0.25, 0.3) is 0 Å². The van der Waals surface area contributed by atoms with Crippen molar-refractivity contribution in [3.05, 3.63) is 53.1 Å². The van der Waals surface area contributed by atoms with Crippen LogP contribution in [-0.2, 0) is 0 Å². The molecule has 0 aliphatic heterocycles. The lowest BCUT2D eigenvalue weighted by Gasteiger charge is -2.17. The van der Waals surface area contributed by atoms with Crippen molar-refractivity contribution in [1.82, 2.24) is 0 Å². The van der Waals surface area contributed by atoms with Crippen LogP contribution in [0.15, 0.2) is 36.4 Å². The number of ether oxygens (including phenoxy) is 3. The number of benzene rings is 2. The first-order chi connectivity index (χ1) is 10.5. The van der Waals surface area contributed by atoms with Crippen LogP contribution >= 0.6 is 0 Å². The fourth-order valence-corrected chi connectivity index (χ4v) is 2.20. The van der Waals surface area contributed by atoms with Crippen LogP contribution in [0, 0.1) is 13.8 Å². The molecule has 4 heteroatoms. The summed E-state index contributed by atoms with van der Waals surface area (Å²) in [6.45, 7) is 4.09. The quantitative estimate of drug-likeness (QED) is 0.888. The second-order valence-electron chi connectivity index (χ2n) is 5.24. The third kappa shape index (κ3) is 3.71. The Labute approximate surface area is 131 Å². The minimum absolute atomic E-state index is 0.124. The van der Waals surface area contributed by atoms with Gasteiger partial charge in [0.05, 0.1) is 14.2 Å². The minimum Gasteiger partial charge on any atom is -0.493 e. The van der Waals surface area contributed by atoms with E-state index in [1.54, 1.807) is 14.2 Å². The maximum absolute atomic E-state index is 10.2. The normalized spacial score (nSPS) is 11.9. The van der Waals surface area contributed by atoms with E-state index in [2.05, 4.69) is 0 Å². The molecule has 0 fully saturated rings. The van der Waals surface area contributed by atoms with Crippen molar-refractivity contribution < 1.29 is 19.3 Å². The third-order valence-corrected chi connectivity index (χ3v) is 3.45. The van der Waals surface area contributed by atoms with E-state index >= 15 is 0 Å². The highest BCUT2D eigenvalue weighted by molar-refractivity contribution is 5.53. The largest absolute Gasteiger partial charge is 0.493 e. The maximum Gasteiger partial charge on any atom is 0.203 e. The number of rotatable bonds is 6. The Morgan fingerprint density at radius 1 is 0.909 bits per heavy atom. The maximum atomic E-state index is 10.2. The van der Waals surface area contributed by atoms with Gasteiger partial charge < -0.3 is 19.3 Å². The molecule has 0 bridgehead atoms. The molecule has 0 saturated heterocycles. The van der Waals surface area contributed by atoms with Crippen molar-refractivity contribution in [3.63, 3.8) is 0 Å². The lowest BCUT2D eigenvalue weighted by Crippen LogP contribution is -2.11. The highest BCUT2D eigenvalue weighted by Gasteiger charge is 2.15. The van der Waals surface area contributed by atoms with E-state index in [4.69, 9.17) is 14.2 Å². The Morgan fingerprint density at radius 2 is 1.45 bits per heavy atom. The van der Waals surface area contributed by atoms with E-state index in [0.717, 1.165) is 16.7 Å². The van der Waals surface area contributed by atoms with Crippen LogP contribution in [0.3, 0.4) is 0 Å². The number of hydrogen-bond acceptors (Lipinski definition) is 4. The van der Waals surface area contributed by atoms with Crippen LogP contribution in [0.4, 0.5) is 0 Å². The molecule has 0 saturated carbocycles. The number of methoxy groups -OCH3 is 2. The van der Waals surface area contributed by atoms with Crippen LogP contribution in [0.25, 0.3) is 0 Å². The standard InChI is InChI=1S/C18H22O4/c1-12-5-7-14(8-6-12)15(19)11-22-18-16(20-3)9-13(2)10-17(18)21-4/h5-10,15,19H,11H2,1-4H3. The molecular weight excluding hydrogens is 280 g/mol. The molecule has 1 atom stereocenters. The van der Waals surface area contributed by atoms with Crippen molar-refractivity contribution in [1.29, 1.82) is 0 Å². The second-order valence-corrected chi connectivity index (χ2v) is 5.24. The Balaban J connectivity index is 2.15. The highest BCUT2D eigenvalue weighted by atomic mass is 16.5. The molecule has 118 valence electrons. The van der Waals surface area contributed by atoms with Crippen LogP contribution < -0.4 is 14.2 Å². The van der Waals surface area contributed by atoms with Crippen LogP contribution in [0.2, 0.25) is 0 Å². The molecule has 0 heterocycles. The van der Waals surface area contributed by atoms with Gasteiger partial charge in [-0.2, -0.15) is 0 Å². The molecule has 0 radical (unpaired) electrons. The van der Waals surface area contributed by atoms with Gasteiger partial charge in [0.2, 0.25) is 5.75 Å². The average Bonchev–Trinajstić information content (AvgIpc) is 2.53. The van der Waals surface area contributed by atoms with Gasteiger partial charge in [-0.1, -0.05) is 29.8 Å². The molecule has 0 amide bonds. The van der Waals surface area contributed by atoms with Gasteiger partial charge in [-0.15, -0.1) is 0 Å². The lowest BCUT2D eigenvalue weighted by molar-refractivity contribution is 0.104. The van der Waals surface area contributed by atoms with Crippen molar-refractivity contribution >= 4 is 0 Å². The number of aryl methyl sites for hydroxylation is 2. The van der Waals surface area contributed by atoms with E-state index in [1.807, 2.05) is 50.2 Å². The number of hydrogen-bond donors (Lipinski definition) is 1. The fourth-order valence-electron chi connectivity index (χ4n) is 2.20. The minimum atomic E-state index is -0.712. The summed E-state index contributed by atoms with van der Waals surface area (Å²) in [6, 6.07) is 11.5. The summed E-state index contributed by atoms with van der Waals surface area (Å²) in [5, 5.41) is 10.2. The van der Waals surface area contributed by atoms with Crippen LogP contribution in [-0.4, -0.2) is 25.9 Å². The average molecular weight is 302 g/mol. The van der Waals surface area contributed by atoms with Gasteiger partial charge in [-0.25, -0.2) is 0 Å². The fraction of sp³-hybridized carbons (Fsp3) is 0.333. The van der Waals surface area contributed by atoms with Crippen LogP contribution in [0.5, 0.6) is 17.2 Å². The van der Waals surface area contributed by atoms with E-state index in [1.165, 1.54) is 0 Å². The Kier molecular flexibility index (Phi) is 5.28. The van der Waals surface area contributed by atoms with Crippen molar-refractivity contribution in [3.8, 4) is 17.2 Å². The van der Waals surface area contributed by atoms with Gasteiger partial charge in [0.15, 0.2) is 11.5 Å². The summed E-state index contributed by atoms with van der Waals surface area (Å²) >= 11 is 0. The molecule has 1 unspecified atom stereocenters.